The van der Waals surface area contributed by atoms with Gasteiger partial charge in [-0.2, -0.15) is 0 Å². The molecule has 3 rings (SSSR count). The van der Waals surface area contributed by atoms with Crippen molar-refractivity contribution in [3.05, 3.63) is 92.9 Å². The fraction of sp³-hybridized carbons (Fsp3) is 0.200. The summed E-state index contributed by atoms with van der Waals surface area (Å²) in [6, 6.07) is 19.6. The van der Waals surface area contributed by atoms with Gasteiger partial charge in [0.25, 0.3) is 0 Å². The molecule has 0 fully saturated rings. The van der Waals surface area contributed by atoms with E-state index in [0.717, 1.165) is 5.22 Å². The van der Waals surface area contributed by atoms with Crippen molar-refractivity contribution in [1.82, 2.24) is 0 Å². The molecule has 0 aliphatic heterocycles. The maximum absolute atomic E-state index is 4.33. The van der Waals surface area contributed by atoms with Crippen LogP contribution in [0.25, 0.3) is 23.3 Å². The fourth-order valence-corrected chi connectivity index (χ4v) is 3.65. The molecule has 0 radical (unpaired) electrons. The third-order valence-electron chi connectivity index (χ3n) is 5.21. The van der Waals surface area contributed by atoms with E-state index in [9.17, 15) is 0 Å². The lowest BCUT2D eigenvalue weighted by atomic mass is 9.90. The van der Waals surface area contributed by atoms with Crippen molar-refractivity contribution in [2.75, 3.05) is 0 Å². The molecule has 3 aromatic rings. The van der Waals surface area contributed by atoms with Crippen molar-refractivity contribution in [3.63, 3.8) is 0 Å². The first-order chi connectivity index (χ1) is 11.9. The van der Waals surface area contributed by atoms with Crippen LogP contribution in [-0.4, -0.2) is 0 Å². The molecule has 0 atom stereocenters. The predicted octanol–water partition coefficient (Wildman–Crippen LogP) is 5.22. The van der Waals surface area contributed by atoms with Crippen molar-refractivity contribution in [1.29, 1.82) is 0 Å². The summed E-state index contributed by atoms with van der Waals surface area (Å²) in [5, 5.41) is 2.33. The molecule has 0 spiro atoms. The van der Waals surface area contributed by atoms with Crippen molar-refractivity contribution in [2.24, 2.45) is 0 Å². The lowest BCUT2D eigenvalue weighted by molar-refractivity contribution is 1.29. The second-order valence-corrected chi connectivity index (χ2v) is 7.03. The van der Waals surface area contributed by atoms with Crippen LogP contribution in [-0.2, 0) is 0 Å². The van der Waals surface area contributed by atoms with E-state index in [1.54, 1.807) is 0 Å². The smallest absolute Gasteiger partial charge is 0.00759 e. The van der Waals surface area contributed by atoms with Gasteiger partial charge in [-0.15, -0.1) is 0 Å². The Morgan fingerprint density at radius 1 is 0.680 bits per heavy atom. The maximum Gasteiger partial charge on any atom is -0.00759 e. The highest BCUT2D eigenvalue weighted by molar-refractivity contribution is 5.76. The van der Waals surface area contributed by atoms with E-state index >= 15 is 0 Å². The van der Waals surface area contributed by atoms with Gasteiger partial charge in [-0.3, -0.25) is 0 Å². The minimum Gasteiger partial charge on any atom is -0.0911 e. The van der Waals surface area contributed by atoms with Gasteiger partial charge in [-0.25, -0.2) is 0 Å². The molecule has 0 saturated heterocycles. The van der Waals surface area contributed by atoms with Crippen LogP contribution >= 0.6 is 0 Å². The molecule has 0 unspecified atom stereocenters. The van der Waals surface area contributed by atoms with Gasteiger partial charge in [0.1, 0.15) is 0 Å². The van der Waals surface area contributed by atoms with Crippen LogP contribution < -0.4 is 10.4 Å². The number of aryl methyl sites for hydroxylation is 4. The molecular weight excluding hydrogens is 300 g/mol. The highest BCUT2D eigenvalue weighted by atomic mass is 14.1. The van der Waals surface area contributed by atoms with Crippen LogP contribution in [0.2, 0.25) is 0 Å². The van der Waals surface area contributed by atoms with E-state index in [-0.39, 0.29) is 0 Å². The average molecular weight is 326 g/mol. The third kappa shape index (κ3) is 3.17. The molecule has 0 aliphatic carbocycles. The Balaban J connectivity index is 2.42. The zero-order valence-corrected chi connectivity index (χ0v) is 15.9. The van der Waals surface area contributed by atoms with Crippen LogP contribution in [0.4, 0.5) is 0 Å². The zero-order valence-electron chi connectivity index (χ0n) is 15.9. The van der Waals surface area contributed by atoms with Crippen molar-refractivity contribution >= 4 is 12.2 Å². The molecule has 25 heavy (non-hydrogen) atoms. The molecule has 0 bridgehead atoms. The Bertz CT molecular complexity index is 1050. The summed E-state index contributed by atoms with van der Waals surface area (Å²) in [5.74, 6) is 0. The van der Waals surface area contributed by atoms with Crippen LogP contribution in [0, 0.1) is 27.7 Å². The van der Waals surface area contributed by atoms with E-state index in [0.29, 0.717) is 0 Å². The van der Waals surface area contributed by atoms with E-state index in [1.165, 1.54) is 49.7 Å². The molecule has 0 amide bonds. The van der Waals surface area contributed by atoms with E-state index in [1.807, 2.05) is 0 Å². The van der Waals surface area contributed by atoms with Crippen molar-refractivity contribution < 1.29 is 0 Å². The molecule has 0 N–H and O–H groups in total. The van der Waals surface area contributed by atoms with Gasteiger partial charge in [0.05, 0.1) is 0 Å². The minimum absolute atomic E-state index is 1.08. The standard InChI is InChI=1S/C25H26/c1-16-10-7-8-12-22(16)21(6)25-17(2)11-9-13-23(25)24-15-19(4)18(3)14-20(24)5/h7-15H,2H2,1,3-6H3. The second-order valence-electron chi connectivity index (χ2n) is 7.03. The molecule has 3 aromatic carbocycles. The lowest BCUT2D eigenvalue weighted by Crippen LogP contribution is -2.28. The minimum atomic E-state index is 1.08. The normalized spacial score (nSPS) is 12.2. The van der Waals surface area contributed by atoms with Gasteiger partial charge >= 0.3 is 0 Å². The third-order valence-corrected chi connectivity index (χ3v) is 5.21. The van der Waals surface area contributed by atoms with Gasteiger partial charge < -0.3 is 0 Å². The molecule has 0 aliphatic rings. The summed E-state index contributed by atoms with van der Waals surface area (Å²) in [7, 11) is 0. The van der Waals surface area contributed by atoms with Crippen LogP contribution in [0.15, 0.2) is 54.6 Å². The Morgan fingerprint density at radius 3 is 2.08 bits per heavy atom. The first kappa shape index (κ1) is 17.2. The molecule has 0 nitrogen and oxygen atoms in total. The van der Waals surface area contributed by atoms with E-state index in [4.69, 9.17) is 0 Å². The van der Waals surface area contributed by atoms with E-state index in [2.05, 4.69) is 95.8 Å². The van der Waals surface area contributed by atoms with Gasteiger partial charge in [-0.05, 0) is 89.6 Å². The molecule has 0 aromatic heterocycles. The summed E-state index contributed by atoms with van der Waals surface area (Å²) in [5.41, 5.74) is 10.4. The monoisotopic (exact) mass is 326 g/mol. The van der Waals surface area contributed by atoms with E-state index < -0.39 is 0 Å². The van der Waals surface area contributed by atoms with Crippen molar-refractivity contribution in [2.45, 2.75) is 34.6 Å². The second kappa shape index (κ2) is 6.72. The summed E-state index contributed by atoms with van der Waals surface area (Å²) in [6.07, 6.45) is 0. The molecule has 0 heteroatoms. The number of hydrogen-bond acceptors (Lipinski definition) is 0. The Labute approximate surface area is 151 Å². The van der Waals surface area contributed by atoms with Gasteiger partial charge in [0.15, 0.2) is 0 Å². The Morgan fingerprint density at radius 2 is 1.36 bits per heavy atom. The highest BCUT2D eigenvalue weighted by Gasteiger charge is 2.09. The Hall–Kier alpha value is -2.60. The highest BCUT2D eigenvalue weighted by Crippen LogP contribution is 2.25. The first-order valence-electron chi connectivity index (χ1n) is 8.83. The molecule has 0 saturated carbocycles. The Kier molecular flexibility index (Phi) is 4.63. The maximum atomic E-state index is 4.33. The summed E-state index contributed by atoms with van der Waals surface area (Å²) < 4.78 is 0. The fourth-order valence-electron chi connectivity index (χ4n) is 3.65. The SMILES string of the molecule is C=c1cccc(-c2cc(C)c(C)cc2C)c1=C(C)c1ccccc1C. The predicted molar refractivity (Wildman–Crippen MR) is 110 cm³/mol. The first-order valence-corrected chi connectivity index (χ1v) is 8.83. The largest absolute Gasteiger partial charge is 0.0911 e. The van der Waals surface area contributed by atoms with Gasteiger partial charge in [0.2, 0.25) is 0 Å². The van der Waals surface area contributed by atoms with Crippen LogP contribution in [0.5, 0.6) is 0 Å². The summed E-state index contributed by atoms with van der Waals surface area (Å²) in [4.78, 5) is 0. The van der Waals surface area contributed by atoms with Crippen LogP contribution in [0.1, 0.15) is 34.7 Å². The van der Waals surface area contributed by atoms with Gasteiger partial charge in [-0.1, -0.05) is 61.2 Å². The topological polar surface area (TPSA) is 0 Å². The van der Waals surface area contributed by atoms with Gasteiger partial charge in [0, 0.05) is 0 Å². The number of benzene rings is 3. The van der Waals surface area contributed by atoms with Crippen LogP contribution in [0.3, 0.4) is 0 Å². The quantitative estimate of drug-likeness (QED) is 0.606. The summed E-state index contributed by atoms with van der Waals surface area (Å²) in [6.45, 7) is 15.3. The van der Waals surface area contributed by atoms with Crippen molar-refractivity contribution in [3.8, 4) is 11.1 Å². The summed E-state index contributed by atoms with van der Waals surface area (Å²) >= 11 is 0. The molecule has 0 heterocycles. The zero-order chi connectivity index (χ0) is 18.1. The number of hydrogen-bond donors (Lipinski definition) is 0. The average Bonchev–Trinajstić information content (AvgIpc) is 2.58. The molecular formula is C25H26. The number of rotatable bonds is 2. The lowest BCUT2D eigenvalue weighted by Gasteiger charge is -2.14. The molecule has 126 valence electrons.